The molecule has 0 heterocycles. The molecule has 6 aromatic rings. The van der Waals surface area contributed by atoms with Gasteiger partial charge in [-0.15, -0.1) is 15.3 Å². The Bertz CT molecular complexity index is 2980. The number of benzene rings is 6. The number of anilines is 3. The second kappa shape index (κ2) is 19.8. The van der Waals surface area contributed by atoms with E-state index < -0.39 is 78.6 Å². The third-order valence-corrected chi connectivity index (χ3v) is 10.5. The zero-order chi connectivity index (χ0) is 40.6. The Balaban J connectivity index is 0.00000310. The largest absolute Gasteiger partial charge is 1.00 e. The van der Waals surface area contributed by atoms with E-state index in [4.69, 9.17) is 17.2 Å². The fraction of sp³-hybridized carbons (Fsp3) is 0. The molecule has 59 heavy (non-hydrogen) atoms. The van der Waals surface area contributed by atoms with E-state index >= 15 is 0 Å². The van der Waals surface area contributed by atoms with Crippen molar-refractivity contribution in [2.75, 3.05) is 17.2 Å². The van der Waals surface area contributed by atoms with Crippen molar-refractivity contribution in [1.82, 2.24) is 0 Å². The van der Waals surface area contributed by atoms with Gasteiger partial charge in [-0.2, -0.15) is 15.3 Å². The van der Waals surface area contributed by atoms with E-state index in [2.05, 4.69) is 30.7 Å². The number of hydrogen-bond donors (Lipinski definition) is 4. The van der Waals surface area contributed by atoms with Crippen molar-refractivity contribution < 1.29 is 133 Å². The molecule has 0 unspecified atom stereocenters. The standard InChI is InChI=1S/C34H27N9O10S3.3Na/c35-21-5-14-27(26(36)17-21)41-38-22-6-1-18(2-7-22)19-3-8-23(9-4-19)39-42-32-28(55(48,49)50)15-20-16-29(56(51,52)53)33(34(44)30(20)31(32)37)43-40-24-10-12-25(13-11-24)54(45,46)47;;;/h1-17,44H,35-37H2,(H,45,46,47)(H,48,49,50)(H,51,52,53);;;/q;3*+1/p-3. The minimum absolute atomic E-state index is 0. The van der Waals surface area contributed by atoms with Gasteiger partial charge in [-0.05, 0) is 95.4 Å². The van der Waals surface area contributed by atoms with E-state index in [0.717, 1.165) is 35.4 Å². The van der Waals surface area contributed by atoms with E-state index in [0.29, 0.717) is 34.9 Å². The van der Waals surface area contributed by atoms with E-state index in [1.165, 1.54) is 12.1 Å². The van der Waals surface area contributed by atoms with E-state index in [9.17, 15) is 44.0 Å². The SMILES string of the molecule is Nc1ccc(N=Nc2ccc(-c3ccc(N=Nc4c(S(=O)(=O)[O-])cc5cc(S(=O)(=O)[O-])c(N=Nc6ccc(S(=O)(=O)[O-])cc6)c(O)c5c4N)cc3)cc2)c(N)c1.[Na+].[Na+].[Na+]. The minimum Gasteiger partial charge on any atom is -0.744 e. The Morgan fingerprint density at radius 2 is 0.915 bits per heavy atom. The number of fused-ring (bicyclic) bond motifs is 1. The summed E-state index contributed by atoms with van der Waals surface area (Å²) >= 11 is 0. The van der Waals surface area contributed by atoms with Gasteiger partial charge in [0.2, 0.25) is 0 Å². The molecule has 0 amide bonds. The number of rotatable bonds is 10. The summed E-state index contributed by atoms with van der Waals surface area (Å²) in [6, 6.07) is 23.5. The Hall–Kier alpha value is -3.69. The summed E-state index contributed by atoms with van der Waals surface area (Å²) in [7, 11) is -15.6. The number of nitrogens with two attached hydrogens (primary N) is 3. The molecule has 0 aromatic heterocycles. The first-order chi connectivity index (χ1) is 26.3. The summed E-state index contributed by atoms with van der Waals surface area (Å²) in [5, 5.41) is 33.8. The van der Waals surface area contributed by atoms with Gasteiger partial charge in [-0.3, -0.25) is 0 Å². The van der Waals surface area contributed by atoms with Gasteiger partial charge in [0, 0.05) is 5.69 Å². The Kier molecular flexibility index (Phi) is 16.7. The molecule has 0 aliphatic rings. The summed E-state index contributed by atoms with van der Waals surface area (Å²) in [5.74, 6) is -1.06. The molecule has 6 aromatic carbocycles. The van der Waals surface area contributed by atoms with E-state index in [1.807, 2.05) is 0 Å². The second-order valence-corrected chi connectivity index (χ2v) is 15.8. The van der Waals surface area contributed by atoms with E-state index in [-0.39, 0.29) is 100 Å². The van der Waals surface area contributed by atoms with Gasteiger partial charge in [0.25, 0.3) is 0 Å². The quantitative estimate of drug-likeness (QED) is 0.0498. The molecule has 0 atom stereocenters. The number of phenolic OH excluding ortho intramolecular Hbond substituents is 1. The maximum Gasteiger partial charge on any atom is 1.00 e. The maximum absolute atomic E-state index is 12.3. The molecule has 0 radical (unpaired) electrons. The fourth-order valence-electron chi connectivity index (χ4n) is 5.20. The maximum atomic E-state index is 12.3. The topological polar surface area (TPSA) is 344 Å². The molecular formula is C34H24N9Na3O10S3. The first kappa shape index (κ1) is 49.7. The smallest absolute Gasteiger partial charge is 0.744 e. The molecule has 0 saturated carbocycles. The number of phenols is 1. The summed E-state index contributed by atoms with van der Waals surface area (Å²) in [5.41, 5.74) is 19.0. The number of azo groups is 3. The molecule has 0 spiro atoms. The number of nitrogens with zero attached hydrogens (tertiary/aromatic N) is 6. The molecule has 7 N–H and O–H groups in total. The van der Waals surface area contributed by atoms with Crippen LogP contribution >= 0.6 is 0 Å². The summed E-state index contributed by atoms with van der Waals surface area (Å²) in [6.45, 7) is 0. The van der Waals surface area contributed by atoms with Crippen molar-refractivity contribution in [1.29, 1.82) is 0 Å². The second-order valence-electron chi connectivity index (χ2n) is 11.7. The van der Waals surface area contributed by atoms with Gasteiger partial charge >= 0.3 is 88.7 Å². The molecule has 0 aliphatic carbocycles. The van der Waals surface area contributed by atoms with Crippen LogP contribution in [0.3, 0.4) is 0 Å². The molecule has 0 bridgehead atoms. The van der Waals surface area contributed by atoms with Gasteiger partial charge in [0.1, 0.15) is 47.4 Å². The van der Waals surface area contributed by atoms with Gasteiger partial charge in [0.15, 0.2) is 5.75 Å². The number of aromatic hydroxyl groups is 1. The third kappa shape index (κ3) is 11.8. The zero-order valence-corrected chi connectivity index (χ0v) is 39.5. The Labute approximate surface area is 403 Å². The van der Waals surface area contributed by atoms with Crippen molar-refractivity contribution in [3.05, 3.63) is 103 Å². The normalized spacial score (nSPS) is 12.1. The third-order valence-electron chi connectivity index (χ3n) is 7.90. The van der Waals surface area contributed by atoms with Crippen molar-refractivity contribution in [2.45, 2.75) is 14.7 Å². The molecule has 0 aliphatic heterocycles. The van der Waals surface area contributed by atoms with Gasteiger partial charge < -0.3 is 36.0 Å². The van der Waals surface area contributed by atoms with Crippen LogP contribution in [0.5, 0.6) is 5.75 Å². The molecule has 19 nitrogen and oxygen atoms in total. The van der Waals surface area contributed by atoms with Crippen molar-refractivity contribution in [3.8, 4) is 16.9 Å². The molecular weight excluding hydrogens is 860 g/mol. The first-order valence-corrected chi connectivity index (χ1v) is 19.7. The van der Waals surface area contributed by atoms with Gasteiger partial charge in [0.05, 0.1) is 48.5 Å². The predicted molar refractivity (Wildman–Crippen MR) is 200 cm³/mol. The minimum atomic E-state index is -5.45. The Morgan fingerprint density at radius 3 is 1.36 bits per heavy atom. The molecule has 286 valence electrons. The average Bonchev–Trinajstić information content (AvgIpc) is 3.13. The van der Waals surface area contributed by atoms with Crippen LogP contribution in [0.1, 0.15) is 0 Å². The van der Waals surface area contributed by atoms with Crippen LogP contribution in [0.15, 0.2) is 149 Å². The Morgan fingerprint density at radius 1 is 0.492 bits per heavy atom. The predicted octanol–water partition coefficient (Wildman–Crippen LogP) is -2.07. The van der Waals surface area contributed by atoms with Crippen molar-refractivity contribution >= 4 is 92.3 Å². The van der Waals surface area contributed by atoms with Crippen LogP contribution in [0, 0.1) is 0 Å². The van der Waals surface area contributed by atoms with Crippen LogP contribution in [0.4, 0.5) is 51.2 Å². The fourth-order valence-corrected chi connectivity index (χ4v) is 6.98. The summed E-state index contributed by atoms with van der Waals surface area (Å²) in [6.07, 6.45) is 0. The molecule has 0 saturated heterocycles. The van der Waals surface area contributed by atoms with Gasteiger partial charge in [-0.1, -0.05) is 24.3 Å². The molecule has 0 fully saturated rings. The first-order valence-electron chi connectivity index (χ1n) is 15.5. The molecule has 6 rings (SSSR count). The zero-order valence-electron chi connectivity index (χ0n) is 31.1. The number of nitrogen functional groups attached to an aromatic ring is 3. The average molecular weight is 884 g/mol. The number of hydrogen-bond acceptors (Lipinski definition) is 19. The monoisotopic (exact) mass is 883 g/mol. The van der Waals surface area contributed by atoms with Gasteiger partial charge in [-0.25, -0.2) is 25.3 Å². The van der Waals surface area contributed by atoms with E-state index in [1.54, 1.807) is 54.6 Å². The van der Waals surface area contributed by atoms with Crippen LogP contribution < -0.4 is 106 Å². The summed E-state index contributed by atoms with van der Waals surface area (Å²) in [4.78, 5) is -2.82. The molecule has 25 heteroatoms. The van der Waals surface area contributed by atoms with Crippen LogP contribution in [0.25, 0.3) is 21.9 Å². The van der Waals surface area contributed by atoms with Crippen LogP contribution in [-0.2, 0) is 30.4 Å². The van der Waals surface area contributed by atoms with Crippen molar-refractivity contribution in [3.63, 3.8) is 0 Å². The van der Waals surface area contributed by atoms with Crippen LogP contribution in [-0.4, -0.2) is 44.0 Å². The van der Waals surface area contributed by atoms with Crippen molar-refractivity contribution in [2.24, 2.45) is 30.7 Å². The van der Waals surface area contributed by atoms with Crippen LogP contribution in [0.2, 0.25) is 0 Å². The summed E-state index contributed by atoms with van der Waals surface area (Å²) < 4.78 is 107.